The molecule has 0 unspecified atom stereocenters. The predicted molar refractivity (Wildman–Crippen MR) is 246 cm³/mol. The molecular formula is C50H67N7O6. The molecule has 0 saturated carbocycles. The van der Waals surface area contributed by atoms with Crippen LogP contribution in [0.3, 0.4) is 0 Å². The van der Waals surface area contributed by atoms with Gasteiger partial charge in [-0.3, -0.25) is 24.5 Å². The van der Waals surface area contributed by atoms with E-state index in [-0.39, 0.29) is 24.3 Å². The van der Waals surface area contributed by atoms with Gasteiger partial charge in [-0.2, -0.15) is 0 Å². The van der Waals surface area contributed by atoms with Crippen molar-refractivity contribution in [1.82, 2.24) is 35.3 Å². The topological polar surface area (TPSA) is 168 Å². The molecule has 1 aliphatic rings. The minimum Gasteiger partial charge on any atom is -0.465 e. The second kappa shape index (κ2) is 20.1. The summed E-state index contributed by atoms with van der Waals surface area (Å²) in [7, 11) is 1.38. The Morgan fingerprint density at radius 1 is 0.762 bits per heavy atom. The maximum absolute atomic E-state index is 14.7. The molecular weight excluding hydrogens is 795 g/mol. The molecule has 1 aliphatic heterocycles. The van der Waals surface area contributed by atoms with Gasteiger partial charge in [0.15, 0.2) is 0 Å². The van der Waals surface area contributed by atoms with Gasteiger partial charge >= 0.3 is 12.1 Å². The van der Waals surface area contributed by atoms with Gasteiger partial charge in [0, 0.05) is 49.0 Å². The minimum absolute atomic E-state index is 0.0242. The lowest BCUT2D eigenvalue weighted by Crippen LogP contribution is -2.59. The number of nitrogens with zero attached hydrogens (tertiary/aromatic N) is 5. The minimum atomic E-state index is -1.24. The molecule has 338 valence electrons. The van der Waals surface area contributed by atoms with Gasteiger partial charge in [0.05, 0.1) is 30.1 Å². The van der Waals surface area contributed by atoms with Gasteiger partial charge < -0.3 is 30.6 Å². The monoisotopic (exact) mass is 862 g/mol. The summed E-state index contributed by atoms with van der Waals surface area (Å²) in [5.74, 6) is -0.893. The van der Waals surface area contributed by atoms with Crippen LogP contribution in [0.5, 0.6) is 0 Å². The number of carboxylic acid groups (broad SMARTS) is 1. The van der Waals surface area contributed by atoms with E-state index in [2.05, 4.69) is 36.4 Å². The molecule has 13 nitrogen and oxygen atoms in total. The number of hydrogen-bond donors (Lipinski definition) is 4. The Kier molecular flexibility index (Phi) is 15.4. The van der Waals surface area contributed by atoms with Gasteiger partial charge in [0.2, 0.25) is 11.8 Å². The number of benzene rings is 2. The van der Waals surface area contributed by atoms with Crippen LogP contribution >= 0.6 is 0 Å². The Hall–Kier alpha value is -5.82. The molecule has 2 aromatic carbocycles. The van der Waals surface area contributed by atoms with Crippen molar-refractivity contribution in [1.29, 1.82) is 0 Å². The number of urea groups is 1. The average Bonchev–Trinajstić information content (AvgIpc) is 3.55. The van der Waals surface area contributed by atoms with Crippen LogP contribution in [0.25, 0.3) is 11.3 Å². The van der Waals surface area contributed by atoms with E-state index in [1.165, 1.54) is 7.05 Å². The van der Waals surface area contributed by atoms with E-state index in [9.17, 15) is 29.4 Å². The van der Waals surface area contributed by atoms with E-state index in [1.807, 2.05) is 112 Å². The zero-order valence-electron chi connectivity index (χ0n) is 38.6. The van der Waals surface area contributed by atoms with Crippen molar-refractivity contribution in [3.8, 4) is 11.3 Å². The van der Waals surface area contributed by atoms with E-state index < -0.39 is 59.0 Å². The van der Waals surface area contributed by atoms with Crippen LogP contribution in [0.1, 0.15) is 91.2 Å². The highest BCUT2D eigenvalue weighted by Gasteiger charge is 2.45. The molecule has 0 spiro atoms. The molecule has 0 radical (unpaired) electrons. The standard InChI is InChI=1S/C50H67N7O6/c1-48(2,3)41-21-16-19-36(52-41)32-56-27-28-57(46(56)61)43(50(7,8)9)45(60)54-39(30-33-17-12-11-13-18-33)40(58)31-37(53-44(59)42(49(4,5)6)55(10)47(62)63)29-34-22-24-35(25-23-34)38-20-14-15-26-51-38/h11-26,37,39-40,42-43,58H,27-32H2,1-10H3,(H,53,59)(H,54,60)(H,62,63)/t37-,39-,40-,42+,43+/m0/s1. The third-order valence-electron chi connectivity index (χ3n) is 11.6. The smallest absolute Gasteiger partial charge is 0.407 e. The second-order valence-electron chi connectivity index (χ2n) is 20.0. The van der Waals surface area contributed by atoms with Crippen molar-refractivity contribution in [2.75, 3.05) is 20.1 Å². The van der Waals surface area contributed by atoms with Crippen molar-refractivity contribution in [2.24, 2.45) is 10.8 Å². The lowest BCUT2D eigenvalue weighted by atomic mass is 9.84. The van der Waals surface area contributed by atoms with Crippen molar-refractivity contribution in [3.05, 3.63) is 120 Å². The SMILES string of the molecule is CN(C(=O)O)[C@H](C(=O)N[C@@H](Cc1ccc(-c2ccccn2)cc1)C[C@H](O)[C@H](Cc1ccccc1)NC(=O)[C@@H](N1CCN(Cc2cccc(C(C)(C)C)n2)C1=O)C(C)(C)C)C(C)(C)C. The Morgan fingerprint density at radius 2 is 1.41 bits per heavy atom. The second-order valence-corrected chi connectivity index (χ2v) is 20.0. The summed E-state index contributed by atoms with van der Waals surface area (Å²) >= 11 is 0. The highest BCUT2D eigenvalue weighted by atomic mass is 16.4. The highest BCUT2D eigenvalue weighted by molar-refractivity contribution is 5.89. The predicted octanol–water partition coefficient (Wildman–Crippen LogP) is 7.32. The van der Waals surface area contributed by atoms with Gasteiger partial charge in [-0.15, -0.1) is 0 Å². The number of carbonyl (C=O) groups is 4. The molecule has 4 aromatic rings. The molecule has 2 aromatic heterocycles. The van der Waals surface area contributed by atoms with Crippen molar-refractivity contribution in [2.45, 2.75) is 124 Å². The fraction of sp³-hybridized carbons (Fsp3) is 0.480. The molecule has 13 heteroatoms. The third-order valence-corrected chi connectivity index (χ3v) is 11.6. The lowest BCUT2D eigenvalue weighted by Gasteiger charge is -2.38. The van der Waals surface area contributed by atoms with Crippen LogP contribution in [-0.2, 0) is 34.4 Å². The number of carbonyl (C=O) groups excluding carboxylic acids is 3. The van der Waals surface area contributed by atoms with Crippen LogP contribution in [0.2, 0.25) is 0 Å². The number of aliphatic hydroxyl groups excluding tert-OH is 1. The summed E-state index contributed by atoms with van der Waals surface area (Å²) in [4.78, 5) is 68.8. The summed E-state index contributed by atoms with van der Waals surface area (Å²) in [5.41, 5.74) is 3.59. The number of nitrogens with one attached hydrogen (secondary N) is 2. The number of rotatable bonds is 16. The summed E-state index contributed by atoms with van der Waals surface area (Å²) < 4.78 is 0. The summed E-state index contributed by atoms with van der Waals surface area (Å²) in [6.07, 6.45) is -0.0838. The lowest BCUT2D eigenvalue weighted by molar-refractivity contribution is -0.131. The van der Waals surface area contributed by atoms with Gasteiger partial charge in [0.25, 0.3) is 0 Å². The molecule has 4 N–H and O–H groups in total. The van der Waals surface area contributed by atoms with Crippen molar-refractivity contribution >= 4 is 23.9 Å². The normalized spacial score (nSPS) is 15.9. The Labute approximate surface area is 373 Å². The summed E-state index contributed by atoms with van der Waals surface area (Å²) in [5, 5.41) is 28.5. The van der Waals surface area contributed by atoms with Crippen LogP contribution in [0.4, 0.5) is 9.59 Å². The van der Waals surface area contributed by atoms with Gasteiger partial charge in [-0.25, -0.2) is 9.59 Å². The van der Waals surface area contributed by atoms with Crippen molar-refractivity contribution < 1.29 is 29.4 Å². The van der Waals surface area contributed by atoms with E-state index >= 15 is 0 Å². The molecule has 63 heavy (non-hydrogen) atoms. The zero-order valence-corrected chi connectivity index (χ0v) is 38.6. The third kappa shape index (κ3) is 12.9. The molecule has 1 fully saturated rings. The Morgan fingerprint density at radius 3 is 2.00 bits per heavy atom. The number of likely N-dealkylation sites (N-methyl/N-ethyl adjacent to an activating group) is 1. The zero-order chi connectivity index (χ0) is 46.3. The maximum atomic E-state index is 14.7. The van der Waals surface area contributed by atoms with E-state index in [0.29, 0.717) is 26.1 Å². The van der Waals surface area contributed by atoms with Gasteiger partial charge in [0.1, 0.15) is 12.1 Å². The molecule has 0 bridgehead atoms. The summed E-state index contributed by atoms with van der Waals surface area (Å²) in [6, 6.07) is 25.2. The molecule has 5 rings (SSSR count). The number of aromatic nitrogens is 2. The quantitative estimate of drug-likeness (QED) is 0.0909. The van der Waals surface area contributed by atoms with Gasteiger partial charge in [-0.05, 0) is 65.5 Å². The van der Waals surface area contributed by atoms with Crippen LogP contribution in [0, 0.1) is 10.8 Å². The van der Waals surface area contributed by atoms with E-state index in [0.717, 1.165) is 38.7 Å². The van der Waals surface area contributed by atoms with Crippen molar-refractivity contribution in [3.63, 3.8) is 0 Å². The Balaban J connectivity index is 1.42. The first-order valence-corrected chi connectivity index (χ1v) is 21.8. The van der Waals surface area contributed by atoms with Crippen LogP contribution in [-0.4, -0.2) is 109 Å². The fourth-order valence-corrected chi connectivity index (χ4v) is 8.40. The fourth-order valence-electron chi connectivity index (χ4n) is 8.40. The average molecular weight is 862 g/mol. The molecule has 1 saturated heterocycles. The maximum Gasteiger partial charge on any atom is 0.407 e. The number of aliphatic hydroxyl groups is 1. The first-order valence-electron chi connectivity index (χ1n) is 21.8. The number of amides is 5. The first kappa shape index (κ1) is 48.2. The largest absolute Gasteiger partial charge is 0.465 e. The Bertz CT molecular complexity index is 2160. The van der Waals surface area contributed by atoms with Gasteiger partial charge in [-0.1, -0.05) is 129 Å². The molecule has 3 heterocycles. The molecule has 0 aliphatic carbocycles. The van der Waals surface area contributed by atoms with Crippen LogP contribution in [0.15, 0.2) is 97.2 Å². The number of hydrogen-bond acceptors (Lipinski definition) is 7. The highest BCUT2D eigenvalue weighted by Crippen LogP contribution is 2.30. The van der Waals surface area contributed by atoms with E-state index in [1.54, 1.807) is 36.8 Å². The molecule has 5 atom stereocenters. The first-order chi connectivity index (χ1) is 29.5. The molecule has 5 amide bonds. The summed E-state index contributed by atoms with van der Waals surface area (Å²) in [6.45, 7) is 18.6. The van der Waals surface area contributed by atoms with E-state index in [4.69, 9.17) is 4.98 Å². The van der Waals surface area contributed by atoms with Crippen LogP contribution < -0.4 is 10.6 Å². The number of pyridine rings is 2.